The van der Waals surface area contributed by atoms with Crippen molar-refractivity contribution in [1.82, 2.24) is 15.6 Å². The van der Waals surface area contributed by atoms with Crippen molar-refractivity contribution in [2.45, 2.75) is 33.9 Å². The SMILES string of the molecule is CCNC(=NCc1ccc(N2CCOCC2)c(F)c1)NCc1sc(C)nc1C.I. The second-order valence-corrected chi connectivity index (χ2v) is 7.96. The Balaban J connectivity index is 0.00000300. The number of benzene rings is 1. The van der Waals surface area contributed by atoms with Crippen molar-refractivity contribution in [3.8, 4) is 0 Å². The minimum atomic E-state index is -0.205. The summed E-state index contributed by atoms with van der Waals surface area (Å²) in [5, 5.41) is 7.63. The molecule has 2 heterocycles. The number of rotatable bonds is 6. The lowest BCUT2D eigenvalue weighted by molar-refractivity contribution is 0.122. The second-order valence-electron chi connectivity index (χ2n) is 6.68. The van der Waals surface area contributed by atoms with Crippen molar-refractivity contribution >= 4 is 47.0 Å². The lowest BCUT2D eigenvalue weighted by atomic mass is 10.1. The highest BCUT2D eigenvalue weighted by molar-refractivity contribution is 14.0. The molecule has 1 aliphatic rings. The lowest BCUT2D eigenvalue weighted by Gasteiger charge is -2.29. The van der Waals surface area contributed by atoms with Crippen molar-refractivity contribution in [2.75, 3.05) is 37.7 Å². The van der Waals surface area contributed by atoms with Gasteiger partial charge in [0.1, 0.15) is 5.82 Å². The zero-order valence-corrected chi connectivity index (χ0v) is 20.3. The number of nitrogens with one attached hydrogen (secondary N) is 2. The molecule has 1 aromatic heterocycles. The summed E-state index contributed by atoms with van der Waals surface area (Å²) in [6.07, 6.45) is 0. The van der Waals surface area contributed by atoms with Gasteiger partial charge in [-0.25, -0.2) is 14.4 Å². The Bertz CT molecular complexity index is 823. The zero-order chi connectivity index (χ0) is 19.9. The predicted octanol–water partition coefficient (Wildman–Crippen LogP) is 3.61. The number of anilines is 1. The van der Waals surface area contributed by atoms with E-state index in [0.717, 1.165) is 35.9 Å². The molecule has 29 heavy (non-hydrogen) atoms. The van der Waals surface area contributed by atoms with Crippen LogP contribution in [0.25, 0.3) is 0 Å². The first kappa shape index (κ1) is 23.8. The van der Waals surface area contributed by atoms with Gasteiger partial charge in [-0.05, 0) is 38.5 Å². The molecule has 1 aliphatic heterocycles. The van der Waals surface area contributed by atoms with Gasteiger partial charge in [-0.1, -0.05) is 6.07 Å². The minimum absolute atomic E-state index is 0. The molecule has 0 aliphatic carbocycles. The highest BCUT2D eigenvalue weighted by Crippen LogP contribution is 2.22. The summed E-state index contributed by atoms with van der Waals surface area (Å²) in [5.41, 5.74) is 2.53. The molecule has 160 valence electrons. The third-order valence-corrected chi connectivity index (χ3v) is 5.62. The number of aromatic nitrogens is 1. The van der Waals surface area contributed by atoms with Gasteiger partial charge in [0.2, 0.25) is 0 Å². The quantitative estimate of drug-likeness (QED) is 0.338. The highest BCUT2D eigenvalue weighted by Gasteiger charge is 2.15. The molecule has 0 radical (unpaired) electrons. The Morgan fingerprint density at radius 1 is 1.28 bits per heavy atom. The largest absolute Gasteiger partial charge is 0.378 e. The van der Waals surface area contributed by atoms with Crippen LogP contribution in [-0.4, -0.2) is 43.8 Å². The average Bonchev–Trinajstić information content (AvgIpc) is 3.02. The maximum atomic E-state index is 14.6. The van der Waals surface area contributed by atoms with E-state index in [-0.39, 0.29) is 29.8 Å². The Labute approximate surface area is 193 Å². The summed E-state index contributed by atoms with van der Waals surface area (Å²) < 4.78 is 19.9. The summed E-state index contributed by atoms with van der Waals surface area (Å²) in [5.74, 6) is 0.508. The van der Waals surface area contributed by atoms with Gasteiger partial charge in [0.05, 0.1) is 42.7 Å². The van der Waals surface area contributed by atoms with Crippen LogP contribution in [0.5, 0.6) is 0 Å². The number of nitrogens with zero attached hydrogens (tertiary/aromatic N) is 3. The van der Waals surface area contributed by atoms with Crippen LogP contribution in [0.4, 0.5) is 10.1 Å². The monoisotopic (exact) mass is 533 g/mol. The number of thiazole rings is 1. The van der Waals surface area contributed by atoms with Crippen molar-refractivity contribution in [3.63, 3.8) is 0 Å². The van der Waals surface area contributed by atoms with Gasteiger partial charge in [0, 0.05) is 24.5 Å². The number of aliphatic imine (C=N–C) groups is 1. The molecule has 1 aromatic carbocycles. The van der Waals surface area contributed by atoms with Crippen LogP contribution in [0.15, 0.2) is 23.2 Å². The lowest BCUT2D eigenvalue weighted by Crippen LogP contribution is -2.37. The number of aryl methyl sites for hydroxylation is 2. The zero-order valence-electron chi connectivity index (χ0n) is 17.1. The minimum Gasteiger partial charge on any atom is -0.378 e. The smallest absolute Gasteiger partial charge is 0.191 e. The Hall–Kier alpha value is -1.46. The van der Waals surface area contributed by atoms with E-state index in [0.29, 0.717) is 38.0 Å². The van der Waals surface area contributed by atoms with Crippen molar-refractivity contribution in [3.05, 3.63) is 45.2 Å². The average molecular weight is 533 g/mol. The fourth-order valence-electron chi connectivity index (χ4n) is 3.12. The number of morpholine rings is 1. The van der Waals surface area contributed by atoms with Crippen LogP contribution >= 0.6 is 35.3 Å². The molecule has 3 rings (SSSR count). The summed E-state index contributed by atoms with van der Waals surface area (Å²) in [6.45, 7) is 10.6. The predicted molar refractivity (Wildman–Crippen MR) is 128 cm³/mol. The Kier molecular flexibility index (Phi) is 9.57. The normalized spacial score (nSPS) is 14.5. The molecule has 0 saturated carbocycles. The maximum Gasteiger partial charge on any atom is 0.191 e. The van der Waals surface area contributed by atoms with Crippen LogP contribution in [0.3, 0.4) is 0 Å². The van der Waals surface area contributed by atoms with Crippen LogP contribution in [0.2, 0.25) is 0 Å². The van der Waals surface area contributed by atoms with Crippen molar-refractivity contribution in [2.24, 2.45) is 4.99 Å². The molecule has 0 unspecified atom stereocenters. The van der Waals surface area contributed by atoms with Crippen LogP contribution in [-0.2, 0) is 17.8 Å². The van der Waals surface area contributed by atoms with Gasteiger partial charge < -0.3 is 20.3 Å². The van der Waals surface area contributed by atoms with Crippen molar-refractivity contribution in [1.29, 1.82) is 0 Å². The Morgan fingerprint density at radius 3 is 2.66 bits per heavy atom. The Morgan fingerprint density at radius 2 is 2.03 bits per heavy atom. The summed E-state index contributed by atoms with van der Waals surface area (Å²) in [6, 6.07) is 5.36. The molecule has 1 saturated heterocycles. The molecule has 2 aromatic rings. The third-order valence-electron chi connectivity index (χ3n) is 4.54. The van der Waals surface area contributed by atoms with Crippen LogP contribution < -0.4 is 15.5 Å². The van der Waals surface area contributed by atoms with E-state index in [4.69, 9.17) is 4.74 Å². The second kappa shape index (κ2) is 11.7. The van der Waals surface area contributed by atoms with E-state index in [1.165, 1.54) is 4.88 Å². The first-order valence-electron chi connectivity index (χ1n) is 9.63. The number of guanidine groups is 1. The van der Waals surface area contributed by atoms with E-state index in [1.807, 2.05) is 37.8 Å². The number of hydrogen-bond acceptors (Lipinski definition) is 5. The molecule has 1 fully saturated rings. The van der Waals surface area contributed by atoms with Crippen LogP contribution in [0, 0.1) is 19.7 Å². The topological polar surface area (TPSA) is 61.8 Å². The maximum absolute atomic E-state index is 14.6. The van der Waals surface area contributed by atoms with Crippen LogP contribution in [0.1, 0.15) is 28.1 Å². The molecule has 0 spiro atoms. The molecular weight excluding hydrogens is 504 g/mol. The van der Waals surface area contributed by atoms with Crippen molar-refractivity contribution < 1.29 is 9.13 Å². The van der Waals surface area contributed by atoms with E-state index in [1.54, 1.807) is 17.4 Å². The van der Waals surface area contributed by atoms with E-state index in [9.17, 15) is 4.39 Å². The molecule has 0 bridgehead atoms. The van der Waals surface area contributed by atoms with Gasteiger partial charge in [-0.3, -0.25) is 0 Å². The highest BCUT2D eigenvalue weighted by atomic mass is 127. The standard InChI is InChI=1S/C20H28FN5OS.HI/c1-4-22-20(24-13-19-14(2)25-15(3)28-19)23-12-16-5-6-18(17(21)11-16)26-7-9-27-10-8-26;/h5-6,11H,4,7-10,12-13H2,1-3H3,(H2,22,23,24);1H. The number of ether oxygens (including phenoxy) is 1. The van der Waals surface area contributed by atoms with Gasteiger partial charge in [0.25, 0.3) is 0 Å². The first-order chi connectivity index (χ1) is 13.6. The number of halogens is 2. The fraction of sp³-hybridized carbons (Fsp3) is 0.500. The molecule has 2 N–H and O–H groups in total. The van der Waals surface area contributed by atoms with Gasteiger partial charge in [0.15, 0.2) is 5.96 Å². The molecule has 9 heteroatoms. The summed E-state index contributed by atoms with van der Waals surface area (Å²) in [7, 11) is 0. The fourth-order valence-corrected chi connectivity index (χ4v) is 4.00. The van der Waals surface area contributed by atoms with Gasteiger partial charge in [-0.2, -0.15) is 0 Å². The van der Waals surface area contributed by atoms with E-state index in [2.05, 4.69) is 20.6 Å². The molecule has 0 amide bonds. The van der Waals surface area contributed by atoms with Gasteiger partial charge >= 0.3 is 0 Å². The number of hydrogen-bond donors (Lipinski definition) is 2. The summed E-state index contributed by atoms with van der Waals surface area (Å²) in [4.78, 5) is 12.3. The first-order valence-corrected chi connectivity index (χ1v) is 10.4. The molecule has 0 atom stereocenters. The van der Waals surface area contributed by atoms with E-state index >= 15 is 0 Å². The van der Waals surface area contributed by atoms with Gasteiger partial charge in [-0.15, -0.1) is 35.3 Å². The third kappa shape index (κ3) is 6.78. The molecule has 6 nitrogen and oxygen atoms in total. The molecular formula is C20H29FIN5OS. The van der Waals surface area contributed by atoms with E-state index < -0.39 is 0 Å². The summed E-state index contributed by atoms with van der Waals surface area (Å²) >= 11 is 1.69.